The second-order valence-electron chi connectivity index (χ2n) is 6.82. The number of benzene rings is 2. The molecule has 2 aromatic carbocycles. The van der Waals surface area contributed by atoms with Crippen LogP contribution in [0.2, 0.25) is 0 Å². The van der Waals surface area contributed by atoms with Gasteiger partial charge in [0.05, 0.1) is 41.0 Å². The van der Waals surface area contributed by atoms with E-state index in [0.29, 0.717) is 23.5 Å². The van der Waals surface area contributed by atoms with Gasteiger partial charge in [-0.1, -0.05) is 35.5 Å². The van der Waals surface area contributed by atoms with E-state index in [2.05, 4.69) is 5.16 Å². The Hall–Kier alpha value is -3.54. The lowest BCUT2D eigenvalue weighted by Gasteiger charge is -2.15. The fourth-order valence-corrected chi connectivity index (χ4v) is 3.54. The molecule has 0 atom stereocenters. The third-order valence-electron chi connectivity index (χ3n) is 4.98. The van der Waals surface area contributed by atoms with Gasteiger partial charge in [0.1, 0.15) is 11.5 Å². The molecule has 0 bridgehead atoms. The predicted molar refractivity (Wildman–Crippen MR) is 111 cm³/mol. The number of hydrogen-bond acceptors (Lipinski definition) is 6. The van der Waals surface area contributed by atoms with Crippen LogP contribution in [0, 0.1) is 13.8 Å². The Morgan fingerprint density at radius 1 is 1.04 bits per heavy atom. The highest BCUT2D eigenvalue weighted by atomic mass is 16.5. The number of nitrogens with two attached hydrogens (primary N) is 2. The molecule has 4 rings (SSSR count). The summed E-state index contributed by atoms with van der Waals surface area (Å²) in [6.07, 6.45) is 0.611. The van der Waals surface area contributed by atoms with Crippen molar-refractivity contribution in [3.05, 3.63) is 65.2 Å². The van der Waals surface area contributed by atoms with Gasteiger partial charge in [0.15, 0.2) is 0 Å². The van der Waals surface area contributed by atoms with Crippen molar-refractivity contribution in [2.45, 2.75) is 20.3 Å². The molecular weight excluding hydrogens is 352 g/mol. The fourth-order valence-electron chi connectivity index (χ4n) is 3.54. The second-order valence-corrected chi connectivity index (χ2v) is 6.82. The number of hydrogen-bond donors (Lipinski definition) is 2. The first-order chi connectivity index (χ1) is 13.5. The Labute approximate surface area is 163 Å². The molecule has 0 amide bonds. The molecule has 2 heterocycles. The molecule has 6 nitrogen and oxygen atoms in total. The Bertz CT molecular complexity index is 1150. The molecule has 142 valence electrons. The van der Waals surface area contributed by atoms with Crippen LogP contribution in [0.25, 0.3) is 22.0 Å². The van der Waals surface area contributed by atoms with Gasteiger partial charge in [-0.3, -0.25) is 4.98 Å². The lowest BCUT2D eigenvalue weighted by atomic mass is 9.99. The number of anilines is 2. The second kappa shape index (κ2) is 6.88. The number of rotatable bonds is 4. The number of aryl methyl sites for hydroxylation is 2. The van der Waals surface area contributed by atoms with Gasteiger partial charge in [-0.05, 0) is 31.5 Å². The summed E-state index contributed by atoms with van der Waals surface area (Å²) >= 11 is 0. The molecule has 0 radical (unpaired) electrons. The normalized spacial score (nSPS) is 11.1. The lowest BCUT2D eigenvalue weighted by Crippen LogP contribution is -2.05. The summed E-state index contributed by atoms with van der Waals surface area (Å²) in [5.41, 5.74) is 18.9. The molecule has 4 N–H and O–H groups in total. The average Bonchev–Trinajstić information content (AvgIpc) is 3.04. The van der Waals surface area contributed by atoms with E-state index in [4.69, 9.17) is 25.7 Å². The van der Waals surface area contributed by atoms with Crippen LogP contribution < -0.4 is 16.2 Å². The summed E-state index contributed by atoms with van der Waals surface area (Å²) in [7, 11) is 1.62. The third kappa shape index (κ3) is 2.93. The van der Waals surface area contributed by atoms with E-state index in [9.17, 15) is 0 Å². The Morgan fingerprint density at radius 3 is 2.43 bits per heavy atom. The highest BCUT2D eigenvalue weighted by Crippen LogP contribution is 2.40. The maximum atomic E-state index is 6.37. The zero-order valence-corrected chi connectivity index (χ0v) is 16.1. The number of nitrogen functional groups attached to an aromatic ring is 2. The lowest BCUT2D eigenvalue weighted by molar-refractivity contribution is 0.393. The van der Waals surface area contributed by atoms with Gasteiger partial charge in [-0.2, -0.15) is 0 Å². The Morgan fingerprint density at radius 2 is 1.79 bits per heavy atom. The fraction of sp³-hybridized carbons (Fsp3) is 0.182. The summed E-state index contributed by atoms with van der Waals surface area (Å²) in [5.74, 6) is 1.40. The topological polar surface area (TPSA) is 100 Å². The highest BCUT2D eigenvalue weighted by molar-refractivity contribution is 6.00. The molecule has 2 aromatic heterocycles. The molecule has 6 heteroatoms. The number of nitrogens with zero attached hydrogens (tertiary/aromatic N) is 2. The molecule has 0 spiro atoms. The van der Waals surface area contributed by atoms with Crippen LogP contribution in [0.3, 0.4) is 0 Å². The van der Waals surface area contributed by atoms with Crippen molar-refractivity contribution >= 4 is 22.3 Å². The van der Waals surface area contributed by atoms with Gasteiger partial charge in [0, 0.05) is 17.4 Å². The van der Waals surface area contributed by atoms with Crippen LogP contribution in [0.15, 0.2) is 47.0 Å². The van der Waals surface area contributed by atoms with Crippen molar-refractivity contribution in [3.8, 4) is 16.9 Å². The first kappa shape index (κ1) is 17.9. The zero-order valence-electron chi connectivity index (χ0n) is 16.1. The first-order valence-corrected chi connectivity index (χ1v) is 9.02. The van der Waals surface area contributed by atoms with Crippen molar-refractivity contribution in [2.24, 2.45) is 0 Å². The number of methoxy groups -OCH3 is 1. The van der Waals surface area contributed by atoms with Gasteiger partial charge in [0.25, 0.3) is 0 Å². The SMILES string of the molecule is COc1cc2c(N)c(N)c(Cc3ccccc3)nc2cc1-c1c(C)noc1C. The summed E-state index contributed by atoms with van der Waals surface area (Å²) < 4.78 is 11.0. The largest absolute Gasteiger partial charge is 0.496 e. The third-order valence-corrected chi connectivity index (χ3v) is 4.98. The number of aromatic nitrogens is 2. The number of fused-ring (bicyclic) bond motifs is 1. The highest BCUT2D eigenvalue weighted by Gasteiger charge is 2.19. The van der Waals surface area contributed by atoms with Gasteiger partial charge in [-0.15, -0.1) is 0 Å². The minimum Gasteiger partial charge on any atom is -0.496 e. The monoisotopic (exact) mass is 374 g/mol. The minimum absolute atomic E-state index is 0.503. The minimum atomic E-state index is 0.503. The number of ether oxygens (including phenoxy) is 1. The molecule has 0 fully saturated rings. The van der Waals surface area contributed by atoms with E-state index in [1.54, 1.807) is 7.11 Å². The maximum absolute atomic E-state index is 6.37. The molecule has 0 saturated carbocycles. The Balaban J connectivity index is 1.93. The van der Waals surface area contributed by atoms with Crippen LogP contribution in [-0.4, -0.2) is 17.3 Å². The summed E-state index contributed by atoms with van der Waals surface area (Å²) in [4.78, 5) is 4.82. The van der Waals surface area contributed by atoms with Gasteiger partial charge in [0.2, 0.25) is 0 Å². The number of pyridine rings is 1. The van der Waals surface area contributed by atoms with E-state index in [0.717, 1.165) is 44.7 Å². The van der Waals surface area contributed by atoms with E-state index >= 15 is 0 Å². The zero-order chi connectivity index (χ0) is 19.8. The summed E-state index contributed by atoms with van der Waals surface area (Å²) in [5, 5.41) is 4.82. The molecule has 0 unspecified atom stereocenters. The Kier molecular flexibility index (Phi) is 4.39. The van der Waals surface area contributed by atoms with Crippen molar-refractivity contribution in [1.82, 2.24) is 10.1 Å². The van der Waals surface area contributed by atoms with Crippen LogP contribution in [0.4, 0.5) is 11.4 Å². The van der Waals surface area contributed by atoms with Gasteiger partial charge < -0.3 is 20.7 Å². The van der Waals surface area contributed by atoms with Crippen molar-refractivity contribution < 1.29 is 9.26 Å². The smallest absolute Gasteiger partial charge is 0.141 e. The van der Waals surface area contributed by atoms with Crippen LogP contribution in [0.1, 0.15) is 22.7 Å². The summed E-state index contributed by atoms with van der Waals surface area (Å²) in [6.45, 7) is 3.78. The van der Waals surface area contributed by atoms with Gasteiger partial charge >= 0.3 is 0 Å². The molecule has 0 aliphatic heterocycles. The molecule has 0 aliphatic carbocycles. The summed E-state index contributed by atoms with van der Waals surface area (Å²) in [6, 6.07) is 13.9. The molecule has 28 heavy (non-hydrogen) atoms. The van der Waals surface area contributed by atoms with E-state index in [1.165, 1.54) is 0 Å². The van der Waals surface area contributed by atoms with Crippen LogP contribution in [0.5, 0.6) is 5.75 Å². The van der Waals surface area contributed by atoms with E-state index in [-0.39, 0.29) is 0 Å². The van der Waals surface area contributed by atoms with Crippen LogP contribution in [-0.2, 0) is 6.42 Å². The van der Waals surface area contributed by atoms with E-state index < -0.39 is 0 Å². The van der Waals surface area contributed by atoms with E-state index in [1.807, 2.05) is 56.3 Å². The average molecular weight is 374 g/mol. The molecular formula is C22H22N4O2. The van der Waals surface area contributed by atoms with Crippen molar-refractivity contribution in [2.75, 3.05) is 18.6 Å². The van der Waals surface area contributed by atoms with Crippen molar-refractivity contribution in [1.29, 1.82) is 0 Å². The first-order valence-electron chi connectivity index (χ1n) is 9.02. The standard InChI is InChI=1S/C22H22N4O2/c1-12-20(13(2)28-26-12)16-10-17-15(11-19(16)27-3)21(23)22(24)18(25-17)9-14-7-5-4-6-8-14/h4-8,10-11H,9,24H2,1-3H3,(H2,23,25). The predicted octanol–water partition coefficient (Wildman–Crippen LogP) is 4.27. The molecule has 0 saturated heterocycles. The quantitative estimate of drug-likeness (QED) is 0.553. The van der Waals surface area contributed by atoms with Crippen LogP contribution >= 0.6 is 0 Å². The molecule has 4 aromatic rings. The van der Waals surface area contributed by atoms with Crippen molar-refractivity contribution in [3.63, 3.8) is 0 Å². The van der Waals surface area contributed by atoms with Gasteiger partial charge in [-0.25, -0.2) is 0 Å². The maximum Gasteiger partial charge on any atom is 0.141 e. The molecule has 0 aliphatic rings.